The van der Waals surface area contributed by atoms with Gasteiger partial charge in [0, 0.05) is 18.5 Å². The minimum Gasteiger partial charge on any atom is -0.312 e. The number of benzene rings is 1. The zero-order chi connectivity index (χ0) is 14.8. The number of rotatable bonds is 4. The fourth-order valence-corrected chi connectivity index (χ4v) is 2.91. The Morgan fingerprint density at radius 1 is 1.30 bits per heavy atom. The molecule has 6 heteroatoms. The van der Waals surface area contributed by atoms with Gasteiger partial charge in [-0.3, -0.25) is 0 Å². The van der Waals surface area contributed by atoms with E-state index in [9.17, 15) is 4.39 Å². The van der Waals surface area contributed by atoms with E-state index in [1.807, 2.05) is 0 Å². The summed E-state index contributed by atoms with van der Waals surface area (Å²) in [5.74, 6) is -0.368. The number of nitrogens with zero attached hydrogens (tertiary/aromatic N) is 2. The molecule has 0 fully saturated rings. The first-order valence-electron chi connectivity index (χ1n) is 6.38. The van der Waals surface area contributed by atoms with E-state index in [0.717, 1.165) is 18.0 Å². The fraction of sp³-hybridized carbons (Fsp3) is 0.429. The lowest BCUT2D eigenvalue weighted by atomic mass is 10.1. The highest BCUT2D eigenvalue weighted by molar-refractivity contribution is 7.14. The predicted octanol–water partition coefficient (Wildman–Crippen LogP) is 3.93. The lowest BCUT2D eigenvalue weighted by Crippen LogP contribution is -2.37. The molecule has 0 aliphatic carbocycles. The van der Waals surface area contributed by atoms with Gasteiger partial charge in [-0.15, -0.1) is 10.2 Å². The number of nitrogens with one attached hydrogen (secondary N) is 1. The summed E-state index contributed by atoms with van der Waals surface area (Å²) in [5.41, 5.74) is 0.407. The van der Waals surface area contributed by atoms with Crippen LogP contribution in [0.2, 0.25) is 5.02 Å². The third kappa shape index (κ3) is 3.98. The fourth-order valence-electron chi connectivity index (χ4n) is 1.70. The van der Waals surface area contributed by atoms with Gasteiger partial charge in [-0.25, -0.2) is 4.39 Å². The third-order valence-corrected chi connectivity index (χ3v) is 3.95. The topological polar surface area (TPSA) is 37.8 Å². The van der Waals surface area contributed by atoms with E-state index in [4.69, 9.17) is 11.6 Å². The van der Waals surface area contributed by atoms with Gasteiger partial charge in [0.2, 0.25) is 0 Å². The molecular weight excluding hydrogens is 297 g/mol. The minimum absolute atomic E-state index is 0.0718. The maximum Gasteiger partial charge on any atom is 0.152 e. The molecule has 0 radical (unpaired) electrons. The molecule has 0 bridgehead atoms. The second-order valence-electron chi connectivity index (χ2n) is 5.52. The van der Waals surface area contributed by atoms with E-state index in [0.29, 0.717) is 15.6 Å². The van der Waals surface area contributed by atoms with Crippen LogP contribution in [-0.4, -0.2) is 22.3 Å². The molecule has 0 saturated heterocycles. The Hall–Kier alpha value is -1.04. The maximum absolute atomic E-state index is 13.8. The number of hydrogen-bond acceptors (Lipinski definition) is 4. The first kappa shape index (κ1) is 15.4. The average molecular weight is 314 g/mol. The van der Waals surface area contributed by atoms with Crippen molar-refractivity contribution < 1.29 is 4.39 Å². The van der Waals surface area contributed by atoms with Crippen LogP contribution in [-0.2, 0) is 6.42 Å². The zero-order valence-corrected chi connectivity index (χ0v) is 13.3. The summed E-state index contributed by atoms with van der Waals surface area (Å²) in [6, 6.07) is 4.61. The summed E-state index contributed by atoms with van der Waals surface area (Å²) in [5, 5.41) is 13.3. The van der Waals surface area contributed by atoms with E-state index >= 15 is 0 Å². The lowest BCUT2D eigenvalue weighted by molar-refractivity contribution is 0.429. The Balaban J connectivity index is 2.09. The van der Waals surface area contributed by atoms with Crippen molar-refractivity contribution in [2.24, 2.45) is 0 Å². The number of hydrogen-bond donors (Lipinski definition) is 1. The summed E-state index contributed by atoms with van der Waals surface area (Å²) in [6.45, 7) is 7.14. The van der Waals surface area contributed by atoms with Crippen molar-refractivity contribution in [1.29, 1.82) is 0 Å². The quantitative estimate of drug-likeness (QED) is 0.929. The number of halogens is 2. The molecular formula is C14H17ClFN3S. The Morgan fingerprint density at radius 2 is 2.05 bits per heavy atom. The Morgan fingerprint density at radius 3 is 2.70 bits per heavy atom. The summed E-state index contributed by atoms with van der Waals surface area (Å²) in [4.78, 5) is 0. The third-order valence-electron chi connectivity index (χ3n) is 2.64. The van der Waals surface area contributed by atoms with E-state index in [1.165, 1.54) is 17.4 Å². The molecule has 0 atom stereocenters. The van der Waals surface area contributed by atoms with Gasteiger partial charge in [-0.05, 0) is 32.9 Å². The molecule has 0 unspecified atom stereocenters. The SMILES string of the molecule is CC(C)(C)NCCc1nnc(-c2c(F)cccc2Cl)s1. The van der Waals surface area contributed by atoms with Crippen LogP contribution in [0.5, 0.6) is 0 Å². The van der Waals surface area contributed by atoms with Crippen molar-refractivity contribution in [3.8, 4) is 10.6 Å². The van der Waals surface area contributed by atoms with Crippen LogP contribution in [0.1, 0.15) is 25.8 Å². The van der Waals surface area contributed by atoms with Crippen LogP contribution in [0.3, 0.4) is 0 Å². The zero-order valence-electron chi connectivity index (χ0n) is 11.7. The molecule has 0 aliphatic heterocycles. The van der Waals surface area contributed by atoms with Crippen LogP contribution in [0.25, 0.3) is 10.6 Å². The molecule has 108 valence electrons. The van der Waals surface area contributed by atoms with Crippen LogP contribution < -0.4 is 5.32 Å². The first-order valence-corrected chi connectivity index (χ1v) is 7.58. The highest BCUT2D eigenvalue weighted by atomic mass is 35.5. The van der Waals surface area contributed by atoms with Crippen LogP contribution >= 0.6 is 22.9 Å². The van der Waals surface area contributed by atoms with Crippen molar-refractivity contribution in [2.45, 2.75) is 32.7 Å². The van der Waals surface area contributed by atoms with Gasteiger partial charge in [0.05, 0.1) is 10.6 Å². The standard InChI is InChI=1S/C14H17ClFN3S/c1-14(2,3)17-8-7-11-18-19-13(20-11)12-9(15)5-4-6-10(12)16/h4-6,17H,7-8H2,1-3H3. The highest BCUT2D eigenvalue weighted by Crippen LogP contribution is 2.32. The summed E-state index contributed by atoms with van der Waals surface area (Å²) in [7, 11) is 0. The van der Waals surface area contributed by atoms with Crippen LogP contribution in [0, 0.1) is 5.82 Å². The van der Waals surface area contributed by atoms with Gasteiger partial charge in [-0.1, -0.05) is 29.0 Å². The molecule has 0 aliphatic rings. The molecule has 20 heavy (non-hydrogen) atoms. The maximum atomic E-state index is 13.8. The van der Waals surface area contributed by atoms with Gasteiger partial charge in [0.25, 0.3) is 0 Å². The lowest BCUT2D eigenvalue weighted by Gasteiger charge is -2.19. The minimum atomic E-state index is -0.368. The van der Waals surface area contributed by atoms with Gasteiger partial charge < -0.3 is 5.32 Å². The molecule has 0 amide bonds. The van der Waals surface area contributed by atoms with E-state index in [-0.39, 0.29) is 11.4 Å². The molecule has 2 aromatic rings. The number of aromatic nitrogens is 2. The van der Waals surface area contributed by atoms with Crippen molar-refractivity contribution in [2.75, 3.05) is 6.54 Å². The second kappa shape index (κ2) is 6.16. The van der Waals surface area contributed by atoms with Gasteiger partial charge >= 0.3 is 0 Å². The average Bonchev–Trinajstić information content (AvgIpc) is 2.75. The van der Waals surface area contributed by atoms with E-state index in [2.05, 4.69) is 36.3 Å². The van der Waals surface area contributed by atoms with Crippen molar-refractivity contribution in [3.63, 3.8) is 0 Å². The smallest absolute Gasteiger partial charge is 0.152 e. The van der Waals surface area contributed by atoms with Crippen molar-refractivity contribution >= 4 is 22.9 Å². The summed E-state index contributed by atoms with van der Waals surface area (Å²) in [6.07, 6.45) is 0.765. The summed E-state index contributed by atoms with van der Waals surface area (Å²) < 4.78 is 13.8. The second-order valence-corrected chi connectivity index (χ2v) is 6.99. The van der Waals surface area contributed by atoms with E-state index in [1.54, 1.807) is 12.1 Å². The molecule has 1 N–H and O–H groups in total. The van der Waals surface area contributed by atoms with Gasteiger partial charge in [0.1, 0.15) is 10.8 Å². The van der Waals surface area contributed by atoms with Gasteiger partial charge in [0.15, 0.2) is 5.01 Å². The monoisotopic (exact) mass is 313 g/mol. The van der Waals surface area contributed by atoms with Crippen LogP contribution in [0.4, 0.5) is 4.39 Å². The molecule has 0 spiro atoms. The summed E-state index contributed by atoms with van der Waals surface area (Å²) >= 11 is 7.40. The predicted molar refractivity (Wildman–Crippen MR) is 81.8 cm³/mol. The highest BCUT2D eigenvalue weighted by Gasteiger charge is 2.15. The Kier molecular flexibility index (Phi) is 4.73. The first-order chi connectivity index (χ1) is 9.37. The molecule has 3 nitrogen and oxygen atoms in total. The van der Waals surface area contributed by atoms with Crippen molar-refractivity contribution in [3.05, 3.63) is 34.0 Å². The molecule has 2 rings (SSSR count). The van der Waals surface area contributed by atoms with Crippen molar-refractivity contribution in [1.82, 2.24) is 15.5 Å². The van der Waals surface area contributed by atoms with Gasteiger partial charge in [-0.2, -0.15) is 0 Å². The molecule has 1 aromatic heterocycles. The Bertz CT molecular complexity index is 572. The van der Waals surface area contributed by atoms with Crippen LogP contribution in [0.15, 0.2) is 18.2 Å². The Labute approximate surface area is 127 Å². The molecule has 0 saturated carbocycles. The largest absolute Gasteiger partial charge is 0.312 e. The van der Waals surface area contributed by atoms with E-state index < -0.39 is 0 Å². The molecule has 1 heterocycles. The molecule has 1 aromatic carbocycles. The normalized spacial score (nSPS) is 11.8.